The van der Waals surface area contributed by atoms with Gasteiger partial charge in [-0.15, -0.1) is 0 Å². The van der Waals surface area contributed by atoms with Crippen molar-refractivity contribution in [2.45, 2.75) is 43.9 Å². The van der Waals surface area contributed by atoms with Gasteiger partial charge < -0.3 is 10.1 Å². The van der Waals surface area contributed by atoms with Gasteiger partial charge in [0.25, 0.3) is 0 Å². The molecule has 0 fully saturated rings. The Morgan fingerprint density at radius 1 is 1.11 bits per heavy atom. The third kappa shape index (κ3) is 6.69. The number of nitrogens with one attached hydrogen (secondary N) is 1. The second-order valence-electron chi connectivity index (χ2n) is 7.35. The summed E-state index contributed by atoms with van der Waals surface area (Å²) >= 11 is 0. The number of hydrogen-bond donors (Lipinski definition) is 2. The number of amides is 1. The molecule has 0 bridgehead atoms. The normalized spacial score (nSPS) is 11.9. The maximum absolute atomic E-state index is 12.0. The number of benzene rings is 2. The standard InChI is InChI=1S/C20H26N2O4S/c1-20(2,3)15-9-11-17(12-10-15)26-13-5-8-19(23)22-16-6-4-7-18(14-16)27(21,24)25/h4,6-7,9-12,14H,5,8,13H2,1-3H3,(H,22,23)(H2,21,24,25). The van der Waals surface area contributed by atoms with E-state index in [4.69, 9.17) is 9.88 Å². The Hall–Kier alpha value is -2.38. The highest BCUT2D eigenvalue weighted by molar-refractivity contribution is 7.89. The Morgan fingerprint density at radius 3 is 2.37 bits per heavy atom. The minimum Gasteiger partial charge on any atom is -0.494 e. The lowest BCUT2D eigenvalue weighted by Crippen LogP contribution is -2.15. The highest BCUT2D eigenvalue weighted by atomic mass is 32.2. The van der Waals surface area contributed by atoms with Gasteiger partial charge in [0.2, 0.25) is 15.9 Å². The molecule has 0 aliphatic heterocycles. The maximum Gasteiger partial charge on any atom is 0.238 e. The summed E-state index contributed by atoms with van der Waals surface area (Å²) in [6.07, 6.45) is 0.807. The van der Waals surface area contributed by atoms with E-state index in [1.165, 1.54) is 23.8 Å². The first-order valence-corrected chi connectivity index (χ1v) is 10.3. The van der Waals surface area contributed by atoms with Crippen LogP contribution in [0.15, 0.2) is 53.4 Å². The van der Waals surface area contributed by atoms with Crippen molar-refractivity contribution in [3.63, 3.8) is 0 Å². The van der Waals surface area contributed by atoms with Gasteiger partial charge in [-0.3, -0.25) is 4.79 Å². The molecule has 0 aliphatic rings. The van der Waals surface area contributed by atoms with Crippen LogP contribution in [0.2, 0.25) is 0 Å². The zero-order valence-electron chi connectivity index (χ0n) is 15.9. The van der Waals surface area contributed by atoms with Gasteiger partial charge in [-0.1, -0.05) is 39.0 Å². The largest absolute Gasteiger partial charge is 0.494 e. The summed E-state index contributed by atoms with van der Waals surface area (Å²) in [5.74, 6) is 0.553. The second-order valence-corrected chi connectivity index (χ2v) is 8.91. The van der Waals surface area contributed by atoms with Crippen LogP contribution in [0.5, 0.6) is 5.75 Å². The number of carbonyl (C=O) groups excluding carboxylic acids is 1. The van der Waals surface area contributed by atoms with Crippen molar-refractivity contribution in [1.82, 2.24) is 0 Å². The quantitative estimate of drug-likeness (QED) is 0.708. The summed E-state index contributed by atoms with van der Waals surface area (Å²) in [5.41, 5.74) is 1.72. The Bertz CT molecular complexity index is 885. The molecule has 1 amide bonds. The fourth-order valence-corrected chi connectivity index (χ4v) is 3.01. The van der Waals surface area contributed by atoms with Gasteiger partial charge in [0, 0.05) is 12.1 Å². The van der Waals surface area contributed by atoms with E-state index < -0.39 is 10.0 Å². The number of sulfonamides is 1. The van der Waals surface area contributed by atoms with E-state index in [1.807, 2.05) is 24.3 Å². The summed E-state index contributed by atoms with van der Waals surface area (Å²) in [6.45, 7) is 6.87. The van der Waals surface area contributed by atoms with Gasteiger partial charge >= 0.3 is 0 Å². The molecule has 2 aromatic rings. The molecular weight excluding hydrogens is 364 g/mol. The van der Waals surface area contributed by atoms with E-state index >= 15 is 0 Å². The number of rotatable bonds is 7. The molecule has 0 atom stereocenters. The summed E-state index contributed by atoms with van der Waals surface area (Å²) in [4.78, 5) is 12.0. The van der Waals surface area contributed by atoms with E-state index in [0.717, 1.165) is 5.75 Å². The molecule has 3 N–H and O–H groups in total. The molecule has 146 valence electrons. The van der Waals surface area contributed by atoms with Crippen LogP contribution in [0, 0.1) is 0 Å². The first kappa shape index (κ1) is 20.9. The summed E-state index contributed by atoms with van der Waals surface area (Å²) in [5, 5.41) is 7.75. The van der Waals surface area contributed by atoms with Crippen molar-refractivity contribution >= 4 is 21.6 Å². The molecule has 0 aromatic heterocycles. The third-order valence-electron chi connectivity index (χ3n) is 3.98. The number of primary sulfonamides is 1. The van der Waals surface area contributed by atoms with Crippen LogP contribution in [-0.2, 0) is 20.2 Å². The molecule has 0 spiro atoms. The highest BCUT2D eigenvalue weighted by Gasteiger charge is 2.13. The van der Waals surface area contributed by atoms with Crippen LogP contribution < -0.4 is 15.2 Å². The molecular formula is C20H26N2O4S. The minimum absolute atomic E-state index is 0.0395. The van der Waals surface area contributed by atoms with Gasteiger partial charge in [-0.25, -0.2) is 13.6 Å². The lowest BCUT2D eigenvalue weighted by atomic mass is 9.87. The molecule has 0 saturated carbocycles. The molecule has 2 rings (SSSR count). The maximum atomic E-state index is 12.0. The van der Waals surface area contributed by atoms with Crippen LogP contribution >= 0.6 is 0 Å². The molecule has 2 aromatic carbocycles. The molecule has 7 heteroatoms. The molecule has 0 unspecified atom stereocenters. The molecule has 0 heterocycles. The summed E-state index contributed by atoms with van der Waals surface area (Å²) in [7, 11) is -3.80. The molecule has 27 heavy (non-hydrogen) atoms. The summed E-state index contributed by atoms with van der Waals surface area (Å²) < 4.78 is 28.3. The van der Waals surface area contributed by atoms with Crippen molar-refractivity contribution in [2.24, 2.45) is 5.14 Å². The van der Waals surface area contributed by atoms with E-state index in [2.05, 4.69) is 26.1 Å². The number of hydrogen-bond acceptors (Lipinski definition) is 4. The van der Waals surface area contributed by atoms with E-state index in [1.54, 1.807) is 6.07 Å². The van der Waals surface area contributed by atoms with Crippen molar-refractivity contribution in [3.05, 3.63) is 54.1 Å². The Balaban J connectivity index is 1.78. The van der Waals surface area contributed by atoms with Gasteiger partial charge in [0.15, 0.2) is 0 Å². The fraction of sp³-hybridized carbons (Fsp3) is 0.350. The average molecular weight is 391 g/mol. The predicted molar refractivity (Wildman–Crippen MR) is 106 cm³/mol. The number of carbonyl (C=O) groups is 1. The Morgan fingerprint density at radius 2 is 1.78 bits per heavy atom. The number of ether oxygens (including phenoxy) is 1. The van der Waals surface area contributed by atoms with E-state index in [9.17, 15) is 13.2 Å². The van der Waals surface area contributed by atoms with Gasteiger partial charge in [0.1, 0.15) is 5.75 Å². The van der Waals surface area contributed by atoms with Crippen molar-refractivity contribution in [2.75, 3.05) is 11.9 Å². The van der Waals surface area contributed by atoms with Crippen molar-refractivity contribution in [3.8, 4) is 5.75 Å². The zero-order chi connectivity index (χ0) is 20.1. The lowest BCUT2D eigenvalue weighted by Gasteiger charge is -2.19. The predicted octanol–water partition coefficient (Wildman–Crippen LogP) is 3.43. The zero-order valence-corrected chi connectivity index (χ0v) is 16.7. The Kier molecular flexibility index (Phi) is 6.62. The van der Waals surface area contributed by atoms with Crippen LogP contribution in [0.3, 0.4) is 0 Å². The number of nitrogens with two attached hydrogens (primary N) is 1. The van der Waals surface area contributed by atoms with Gasteiger partial charge in [-0.05, 0) is 47.7 Å². The lowest BCUT2D eigenvalue weighted by molar-refractivity contribution is -0.116. The van der Waals surface area contributed by atoms with Crippen molar-refractivity contribution < 1.29 is 17.9 Å². The van der Waals surface area contributed by atoms with E-state index in [-0.39, 0.29) is 22.6 Å². The smallest absolute Gasteiger partial charge is 0.238 e. The summed E-state index contributed by atoms with van der Waals surface area (Å²) in [6, 6.07) is 13.8. The van der Waals surface area contributed by atoms with Crippen molar-refractivity contribution in [1.29, 1.82) is 0 Å². The van der Waals surface area contributed by atoms with Gasteiger partial charge in [-0.2, -0.15) is 0 Å². The molecule has 0 aliphatic carbocycles. The Labute approximate surface area is 160 Å². The van der Waals surface area contributed by atoms with E-state index in [0.29, 0.717) is 18.7 Å². The minimum atomic E-state index is -3.80. The van der Waals surface area contributed by atoms with Crippen LogP contribution in [-0.4, -0.2) is 20.9 Å². The highest BCUT2D eigenvalue weighted by Crippen LogP contribution is 2.24. The topological polar surface area (TPSA) is 98.5 Å². The SMILES string of the molecule is CC(C)(C)c1ccc(OCCCC(=O)Nc2cccc(S(N)(=O)=O)c2)cc1. The average Bonchev–Trinajstić information content (AvgIpc) is 2.58. The third-order valence-corrected chi connectivity index (χ3v) is 4.89. The first-order valence-electron chi connectivity index (χ1n) is 8.72. The second kappa shape index (κ2) is 8.54. The molecule has 6 nitrogen and oxygen atoms in total. The monoisotopic (exact) mass is 390 g/mol. The number of anilines is 1. The molecule has 0 saturated heterocycles. The van der Waals surface area contributed by atoms with Crippen LogP contribution in [0.1, 0.15) is 39.2 Å². The van der Waals surface area contributed by atoms with Crippen LogP contribution in [0.25, 0.3) is 0 Å². The van der Waals surface area contributed by atoms with Gasteiger partial charge in [0.05, 0.1) is 11.5 Å². The first-order chi connectivity index (χ1) is 12.6. The molecule has 0 radical (unpaired) electrons. The fourth-order valence-electron chi connectivity index (χ4n) is 2.45. The van der Waals surface area contributed by atoms with Crippen LogP contribution in [0.4, 0.5) is 5.69 Å².